The van der Waals surface area contributed by atoms with Crippen LogP contribution in [0, 0.1) is 3.57 Å². The third-order valence-corrected chi connectivity index (χ3v) is 3.97. The van der Waals surface area contributed by atoms with Crippen molar-refractivity contribution >= 4 is 28.7 Å². The number of carbonyl (C=O) groups is 1. The zero-order valence-electron chi connectivity index (χ0n) is 11.4. The third kappa shape index (κ3) is 3.39. The van der Waals surface area contributed by atoms with Crippen LogP contribution in [0.1, 0.15) is 39.2 Å². The summed E-state index contributed by atoms with van der Waals surface area (Å²) in [6, 6.07) is 7.05. The molecule has 0 radical (unpaired) electrons. The number of aliphatic hydroxyl groups is 1. The minimum absolute atomic E-state index is 0.301. The van der Waals surface area contributed by atoms with E-state index in [1.54, 1.807) is 19.9 Å². The summed E-state index contributed by atoms with van der Waals surface area (Å²) in [5.41, 5.74) is -0.833. The van der Waals surface area contributed by atoms with Crippen molar-refractivity contribution in [2.45, 2.75) is 45.4 Å². The van der Waals surface area contributed by atoms with E-state index in [1.807, 2.05) is 25.1 Å². The Morgan fingerprint density at radius 2 is 2.00 bits per heavy atom. The van der Waals surface area contributed by atoms with Crippen molar-refractivity contribution in [2.24, 2.45) is 0 Å². The predicted molar refractivity (Wildman–Crippen MR) is 83.0 cm³/mol. The summed E-state index contributed by atoms with van der Waals surface area (Å²) >= 11 is 2.13. The van der Waals surface area contributed by atoms with E-state index in [2.05, 4.69) is 22.6 Å². The van der Waals surface area contributed by atoms with Crippen LogP contribution in [0.15, 0.2) is 24.3 Å². The molecule has 1 atom stereocenters. The fraction of sp³-hybridized carbons (Fsp3) is 0.500. The second-order valence-corrected chi connectivity index (χ2v) is 5.95. The molecule has 2 N–H and O–H groups in total. The molecule has 4 nitrogen and oxygen atoms in total. The summed E-state index contributed by atoms with van der Waals surface area (Å²) in [6.07, 6.45) is -0.0410. The van der Waals surface area contributed by atoms with E-state index in [4.69, 9.17) is 0 Å². The summed E-state index contributed by atoms with van der Waals surface area (Å²) in [6.45, 7) is 5.47. The van der Waals surface area contributed by atoms with Crippen LogP contribution in [0.4, 0.5) is 4.79 Å². The molecule has 0 aliphatic carbocycles. The van der Waals surface area contributed by atoms with Crippen LogP contribution in [0.2, 0.25) is 0 Å². The molecule has 19 heavy (non-hydrogen) atoms. The molecule has 0 saturated heterocycles. The first-order chi connectivity index (χ1) is 8.84. The van der Waals surface area contributed by atoms with Gasteiger partial charge in [0.05, 0.1) is 0 Å². The highest BCUT2D eigenvalue weighted by Gasteiger charge is 2.41. The van der Waals surface area contributed by atoms with Gasteiger partial charge in [-0.15, -0.1) is 0 Å². The molecule has 5 heteroatoms. The van der Waals surface area contributed by atoms with Gasteiger partial charge in [0, 0.05) is 15.2 Å². The summed E-state index contributed by atoms with van der Waals surface area (Å²) in [7, 11) is 0. The van der Waals surface area contributed by atoms with Crippen molar-refractivity contribution in [2.75, 3.05) is 0 Å². The molecule has 106 valence electrons. The standard InChI is InChI=1S/C14H20INO3/c1-4-9-14(19,16(10(2)3)13(17)18)11-7-5-6-8-12(11)15/h5-8,10,19H,4,9H2,1-3H3,(H,17,18)/t14-/m1/s1. The Hall–Kier alpha value is -0.820. The van der Waals surface area contributed by atoms with Gasteiger partial charge in [-0.1, -0.05) is 31.5 Å². The lowest BCUT2D eigenvalue weighted by Crippen LogP contribution is -2.52. The average molecular weight is 377 g/mol. The fourth-order valence-electron chi connectivity index (χ4n) is 2.33. The largest absolute Gasteiger partial charge is 0.465 e. The highest BCUT2D eigenvalue weighted by atomic mass is 127. The predicted octanol–water partition coefficient (Wildman–Crippen LogP) is 3.62. The van der Waals surface area contributed by atoms with Crippen molar-refractivity contribution in [3.05, 3.63) is 33.4 Å². The van der Waals surface area contributed by atoms with E-state index in [0.717, 1.165) is 8.47 Å². The van der Waals surface area contributed by atoms with Crippen LogP contribution in [0.3, 0.4) is 0 Å². The van der Waals surface area contributed by atoms with Gasteiger partial charge in [0.25, 0.3) is 0 Å². The topological polar surface area (TPSA) is 60.8 Å². The minimum Gasteiger partial charge on any atom is -0.465 e. The number of hydrogen-bond acceptors (Lipinski definition) is 2. The van der Waals surface area contributed by atoms with E-state index < -0.39 is 11.8 Å². The first kappa shape index (κ1) is 16.2. The maximum absolute atomic E-state index is 11.5. The van der Waals surface area contributed by atoms with Crippen molar-refractivity contribution in [1.29, 1.82) is 0 Å². The van der Waals surface area contributed by atoms with Crippen molar-refractivity contribution in [3.63, 3.8) is 0 Å². The monoisotopic (exact) mass is 377 g/mol. The molecule has 0 aliphatic heterocycles. The summed E-state index contributed by atoms with van der Waals surface area (Å²) < 4.78 is 0.864. The Morgan fingerprint density at radius 3 is 2.42 bits per heavy atom. The molecule has 1 amide bonds. The molecular weight excluding hydrogens is 357 g/mol. The van der Waals surface area contributed by atoms with E-state index >= 15 is 0 Å². The second kappa shape index (κ2) is 6.56. The van der Waals surface area contributed by atoms with Crippen LogP contribution >= 0.6 is 22.6 Å². The molecule has 0 saturated carbocycles. The van der Waals surface area contributed by atoms with E-state index in [0.29, 0.717) is 18.4 Å². The number of hydrogen-bond donors (Lipinski definition) is 2. The normalized spacial score (nSPS) is 14.2. The fourth-order valence-corrected chi connectivity index (χ4v) is 3.14. The summed E-state index contributed by atoms with van der Waals surface area (Å²) in [4.78, 5) is 12.6. The van der Waals surface area contributed by atoms with Crippen LogP contribution in [-0.2, 0) is 5.72 Å². The maximum atomic E-state index is 11.5. The Kier molecular flexibility index (Phi) is 5.61. The van der Waals surface area contributed by atoms with Gasteiger partial charge in [-0.2, -0.15) is 0 Å². The van der Waals surface area contributed by atoms with E-state index in [-0.39, 0.29) is 6.04 Å². The smallest absolute Gasteiger partial charge is 0.410 e. The van der Waals surface area contributed by atoms with Crippen molar-refractivity contribution in [1.82, 2.24) is 4.90 Å². The van der Waals surface area contributed by atoms with Gasteiger partial charge in [-0.25, -0.2) is 4.79 Å². The van der Waals surface area contributed by atoms with Crippen LogP contribution in [0.25, 0.3) is 0 Å². The van der Waals surface area contributed by atoms with Crippen LogP contribution < -0.4 is 0 Å². The third-order valence-electron chi connectivity index (χ3n) is 3.02. The molecule has 0 aliphatic rings. The number of carboxylic acid groups (broad SMARTS) is 1. The van der Waals surface area contributed by atoms with Crippen molar-refractivity contribution in [3.8, 4) is 0 Å². The zero-order chi connectivity index (χ0) is 14.6. The number of rotatable bonds is 5. The first-order valence-corrected chi connectivity index (χ1v) is 7.42. The highest BCUT2D eigenvalue weighted by molar-refractivity contribution is 14.1. The van der Waals surface area contributed by atoms with Gasteiger partial charge >= 0.3 is 6.09 Å². The number of halogens is 1. The lowest BCUT2D eigenvalue weighted by molar-refractivity contribution is -0.118. The Balaban J connectivity index is 3.38. The van der Waals surface area contributed by atoms with Crippen LogP contribution in [-0.4, -0.2) is 27.2 Å². The van der Waals surface area contributed by atoms with Gasteiger partial charge in [0.15, 0.2) is 5.72 Å². The van der Waals surface area contributed by atoms with Crippen molar-refractivity contribution < 1.29 is 15.0 Å². The Labute approximate surface area is 127 Å². The summed E-state index contributed by atoms with van der Waals surface area (Å²) in [5, 5.41) is 20.4. The van der Waals surface area contributed by atoms with Gasteiger partial charge in [-0.3, -0.25) is 4.90 Å². The number of nitrogens with zero attached hydrogens (tertiary/aromatic N) is 1. The van der Waals surface area contributed by atoms with Gasteiger partial charge < -0.3 is 10.2 Å². The molecular formula is C14H20INO3. The van der Waals surface area contributed by atoms with Gasteiger partial charge in [0.2, 0.25) is 0 Å². The molecule has 0 aromatic heterocycles. The quantitative estimate of drug-likeness (QED) is 0.609. The molecule has 1 rings (SSSR count). The van der Waals surface area contributed by atoms with Crippen LogP contribution in [0.5, 0.6) is 0 Å². The number of amides is 1. The number of benzene rings is 1. The lowest BCUT2D eigenvalue weighted by atomic mass is 9.95. The van der Waals surface area contributed by atoms with Gasteiger partial charge in [-0.05, 0) is 48.9 Å². The minimum atomic E-state index is -1.48. The molecule has 0 bridgehead atoms. The van der Waals surface area contributed by atoms with Gasteiger partial charge in [0.1, 0.15) is 0 Å². The average Bonchev–Trinajstić information content (AvgIpc) is 2.28. The van der Waals surface area contributed by atoms with E-state index in [1.165, 1.54) is 0 Å². The SMILES string of the molecule is CCC[C@@](O)(c1ccccc1I)N(C(=O)O)C(C)C. The first-order valence-electron chi connectivity index (χ1n) is 6.34. The van der Waals surface area contributed by atoms with E-state index in [9.17, 15) is 15.0 Å². The zero-order valence-corrected chi connectivity index (χ0v) is 13.6. The molecule has 0 spiro atoms. The summed E-state index contributed by atoms with van der Waals surface area (Å²) in [5.74, 6) is 0. The molecule has 0 heterocycles. The second-order valence-electron chi connectivity index (χ2n) is 4.79. The Bertz CT molecular complexity index is 450. The molecule has 0 fully saturated rings. The Morgan fingerprint density at radius 1 is 1.42 bits per heavy atom. The molecule has 0 unspecified atom stereocenters. The lowest BCUT2D eigenvalue weighted by Gasteiger charge is -2.41. The molecule has 1 aromatic carbocycles. The maximum Gasteiger partial charge on any atom is 0.410 e. The highest BCUT2D eigenvalue weighted by Crippen LogP contribution is 2.35. The molecule has 1 aromatic rings.